The first-order valence-electron chi connectivity index (χ1n) is 9.53. The number of aryl methyl sites for hydroxylation is 1. The number of aliphatic hydroxyl groups is 1. The molecule has 9 nitrogen and oxygen atoms in total. The van der Waals surface area contributed by atoms with Crippen molar-refractivity contribution in [2.75, 3.05) is 32.1 Å². The van der Waals surface area contributed by atoms with E-state index in [1.165, 1.54) is 28.9 Å². The van der Waals surface area contributed by atoms with Crippen LogP contribution < -0.4 is 5.32 Å². The molecule has 4 rings (SSSR count). The lowest BCUT2D eigenvalue weighted by molar-refractivity contribution is -0.136. The highest BCUT2D eigenvalue weighted by atomic mass is 19.1. The maximum atomic E-state index is 13.2. The van der Waals surface area contributed by atoms with Gasteiger partial charge in [0.05, 0.1) is 31.5 Å². The topological polar surface area (TPSA) is 110 Å². The number of halogens is 1. The maximum absolute atomic E-state index is 13.2. The van der Waals surface area contributed by atoms with Gasteiger partial charge < -0.3 is 20.1 Å². The molecule has 0 saturated carbocycles. The summed E-state index contributed by atoms with van der Waals surface area (Å²) in [5.41, 5.74) is 3.43. The number of aliphatic hydroxyl groups excluding tert-OH is 1. The van der Waals surface area contributed by atoms with E-state index in [0.29, 0.717) is 22.4 Å². The molecule has 0 bridgehead atoms. The summed E-state index contributed by atoms with van der Waals surface area (Å²) in [5.74, 6) is -1.37. The number of carbonyl (C=O) groups excluding carboxylic acids is 2. The molecule has 0 aliphatic carbocycles. The Labute approximate surface area is 176 Å². The summed E-state index contributed by atoms with van der Waals surface area (Å²) in [7, 11) is 1.25. The molecule has 2 heterocycles. The predicted molar refractivity (Wildman–Crippen MR) is 110 cm³/mol. The van der Waals surface area contributed by atoms with Crippen molar-refractivity contribution < 1.29 is 23.8 Å². The number of amides is 1. The van der Waals surface area contributed by atoms with Crippen LogP contribution in [0.5, 0.6) is 0 Å². The highest BCUT2D eigenvalue weighted by Gasteiger charge is 2.34. The van der Waals surface area contributed by atoms with E-state index in [0.717, 1.165) is 5.56 Å². The monoisotopic (exact) mass is 425 g/mol. The maximum Gasteiger partial charge on any atom is 0.337 e. The molecule has 0 saturated heterocycles. The number of aromatic nitrogens is 3. The Kier molecular flexibility index (Phi) is 5.38. The number of hydrogen-bond acceptors (Lipinski definition) is 7. The fourth-order valence-corrected chi connectivity index (χ4v) is 3.38. The molecular formula is C21H20FN5O4. The summed E-state index contributed by atoms with van der Waals surface area (Å²) in [5, 5.41) is 21.1. The number of methoxy groups -OCH3 is 1. The van der Waals surface area contributed by atoms with Gasteiger partial charge in [0, 0.05) is 12.2 Å². The third-order valence-corrected chi connectivity index (χ3v) is 5.00. The van der Waals surface area contributed by atoms with E-state index in [9.17, 15) is 19.1 Å². The molecule has 31 heavy (non-hydrogen) atoms. The smallest absolute Gasteiger partial charge is 0.337 e. The minimum atomic E-state index is -0.614. The van der Waals surface area contributed by atoms with Gasteiger partial charge in [-0.05, 0) is 48.9 Å². The summed E-state index contributed by atoms with van der Waals surface area (Å²) in [6.07, 6.45) is 0. The van der Waals surface area contributed by atoms with Crippen molar-refractivity contribution in [3.05, 3.63) is 59.0 Å². The van der Waals surface area contributed by atoms with Crippen LogP contribution in [0.3, 0.4) is 0 Å². The Hall–Kier alpha value is -3.79. The van der Waals surface area contributed by atoms with E-state index in [-0.39, 0.29) is 36.8 Å². The molecule has 1 amide bonds. The Morgan fingerprint density at radius 2 is 1.90 bits per heavy atom. The quantitative estimate of drug-likeness (QED) is 0.577. The van der Waals surface area contributed by atoms with Crippen LogP contribution in [0.25, 0.3) is 16.7 Å². The van der Waals surface area contributed by atoms with E-state index in [2.05, 4.69) is 15.5 Å². The average molecular weight is 425 g/mol. The number of β-amino-alcohol motifs (C(OH)–C–C–N with tert-alkyl or cyclic N) is 1. The van der Waals surface area contributed by atoms with E-state index in [1.54, 1.807) is 24.3 Å². The molecule has 0 radical (unpaired) electrons. The van der Waals surface area contributed by atoms with Crippen molar-refractivity contribution in [1.82, 2.24) is 19.9 Å². The normalized spacial score (nSPS) is 13.9. The molecule has 10 heteroatoms. The Bertz CT molecular complexity index is 1200. The Balaban J connectivity index is 1.70. The molecule has 0 fully saturated rings. The number of rotatable bonds is 6. The number of esters is 1. The van der Waals surface area contributed by atoms with E-state index in [4.69, 9.17) is 4.74 Å². The lowest BCUT2D eigenvalue weighted by Crippen LogP contribution is -2.31. The standard InChI is InChI=1S/C21H20FN5O4/c1-12-9-17-18(25-27(24-17)14-5-3-13(22)4-6-14)10-16(12)23-19-15(21(30)31-2)11-26(7-8-28)20(19)29/h3-6,9-10,23,28H,7-8,11H2,1-2H3. The lowest BCUT2D eigenvalue weighted by Gasteiger charge is -2.15. The Morgan fingerprint density at radius 1 is 1.23 bits per heavy atom. The first-order chi connectivity index (χ1) is 14.9. The second-order valence-corrected chi connectivity index (χ2v) is 7.04. The zero-order valence-electron chi connectivity index (χ0n) is 16.9. The summed E-state index contributed by atoms with van der Waals surface area (Å²) in [4.78, 5) is 27.7. The molecule has 1 aliphatic heterocycles. The number of nitrogens with zero attached hydrogens (tertiary/aromatic N) is 4. The molecule has 1 aromatic heterocycles. The molecule has 1 aliphatic rings. The summed E-state index contributed by atoms with van der Waals surface area (Å²) in [6, 6.07) is 9.31. The molecule has 160 valence electrons. The number of ether oxygens (including phenoxy) is 1. The Morgan fingerprint density at radius 3 is 2.55 bits per heavy atom. The first kappa shape index (κ1) is 20.5. The van der Waals surface area contributed by atoms with Gasteiger partial charge in [0.1, 0.15) is 22.5 Å². The van der Waals surface area contributed by atoms with Gasteiger partial charge in [-0.3, -0.25) is 4.79 Å². The van der Waals surface area contributed by atoms with Crippen molar-refractivity contribution in [2.45, 2.75) is 6.92 Å². The van der Waals surface area contributed by atoms with Crippen LogP contribution >= 0.6 is 0 Å². The van der Waals surface area contributed by atoms with Crippen LogP contribution in [0.15, 0.2) is 47.7 Å². The third kappa shape index (κ3) is 3.84. The predicted octanol–water partition coefficient (Wildman–Crippen LogP) is 1.54. The van der Waals surface area contributed by atoms with Crippen molar-refractivity contribution >= 4 is 28.6 Å². The molecular weight excluding hydrogens is 405 g/mol. The van der Waals surface area contributed by atoms with E-state index in [1.807, 2.05) is 6.92 Å². The number of hydrogen-bond donors (Lipinski definition) is 2. The number of carbonyl (C=O) groups is 2. The van der Waals surface area contributed by atoms with Crippen molar-refractivity contribution in [2.24, 2.45) is 0 Å². The van der Waals surface area contributed by atoms with Crippen LogP contribution in [0.4, 0.5) is 10.1 Å². The van der Waals surface area contributed by atoms with Crippen LogP contribution in [0, 0.1) is 12.7 Å². The van der Waals surface area contributed by atoms with Gasteiger partial charge >= 0.3 is 5.97 Å². The minimum Gasteiger partial charge on any atom is -0.466 e. The van der Waals surface area contributed by atoms with Crippen molar-refractivity contribution in [3.8, 4) is 5.69 Å². The van der Waals surface area contributed by atoms with Gasteiger partial charge in [0.2, 0.25) is 0 Å². The fourth-order valence-electron chi connectivity index (χ4n) is 3.38. The van der Waals surface area contributed by atoms with Gasteiger partial charge in [-0.2, -0.15) is 4.80 Å². The third-order valence-electron chi connectivity index (χ3n) is 5.00. The highest BCUT2D eigenvalue weighted by Crippen LogP contribution is 2.27. The van der Waals surface area contributed by atoms with Crippen LogP contribution in [-0.4, -0.2) is 63.7 Å². The molecule has 0 atom stereocenters. The van der Waals surface area contributed by atoms with Crippen molar-refractivity contribution in [3.63, 3.8) is 0 Å². The number of fused-ring (bicyclic) bond motifs is 1. The van der Waals surface area contributed by atoms with Gasteiger partial charge in [-0.1, -0.05) is 0 Å². The van der Waals surface area contributed by atoms with Crippen LogP contribution in [0.2, 0.25) is 0 Å². The highest BCUT2D eigenvalue weighted by molar-refractivity contribution is 6.08. The van der Waals surface area contributed by atoms with E-state index < -0.39 is 11.9 Å². The number of benzene rings is 2. The first-order valence-corrected chi connectivity index (χ1v) is 9.53. The van der Waals surface area contributed by atoms with Crippen LogP contribution in [-0.2, 0) is 14.3 Å². The molecule has 3 aromatic rings. The van der Waals surface area contributed by atoms with Gasteiger partial charge in [-0.25, -0.2) is 9.18 Å². The SMILES string of the molecule is COC(=O)C1=C(Nc2cc3nn(-c4ccc(F)cc4)nc3cc2C)C(=O)N(CCO)C1. The summed E-state index contributed by atoms with van der Waals surface area (Å²) >= 11 is 0. The number of nitrogens with one attached hydrogen (secondary N) is 1. The van der Waals surface area contributed by atoms with Crippen molar-refractivity contribution in [1.29, 1.82) is 0 Å². The largest absolute Gasteiger partial charge is 0.466 e. The molecule has 0 unspecified atom stereocenters. The molecule has 0 spiro atoms. The second kappa shape index (κ2) is 8.15. The lowest BCUT2D eigenvalue weighted by atomic mass is 10.1. The summed E-state index contributed by atoms with van der Waals surface area (Å²) < 4.78 is 18.0. The second-order valence-electron chi connectivity index (χ2n) is 7.04. The van der Waals surface area contributed by atoms with Gasteiger partial charge in [0.15, 0.2) is 0 Å². The van der Waals surface area contributed by atoms with Gasteiger partial charge in [0.25, 0.3) is 5.91 Å². The van der Waals surface area contributed by atoms with Crippen LogP contribution in [0.1, 0.15) is 5.56 Å². The van der Waals surface area contributed by atoms with E-state index >= 15 is 0 Å². The average Bonchev–Trinajstić information content (AvgIpc) is 3.30. The minimum absolute atomic E-state index is 0.0520. The zero-order chi connectivity index (χ0) is 22.1. The molecule has 2 aromatic carbocycles. The zero-order valence-corrected chi connectivity index (χ0v) is 16.9. The summed E-state index contributed by atoms with van der Waals surface area (Å²) in [6.45, 7) is 1.78. The fraction of sp³-hybridized carbons (Fsp3) is 0.238. The number of anilines is 1. The van der Waals surface area contributed by atoms with Gasteiger partial charge in [-0.15, -0.1) is 10.2 Å². The molecule has 2 N–H and O–H groups in total.